The Hall–Kier alpha value is -1.71. The molecule has 0 aliphatic carbocycles. The van der Waals surface area contributed by atoms with E-state index in [4.69, 9.17) is 0 Å². The van der Waals surface area contributed by atoms with Crippen molar-refractivity contribution in [1.82, 2.24) is 14.8 Å². The molecule has 1 aromatic heterocycles. The van der Waals surface area contributed by atoms with E-state index in [0.717, 1.165) is 19.6 Å². The van der Waals surface area contributed by atoms with Crippen LogP contribution in [0.15, 0.2) is 54.9 Å². The Morgan fingerprint density at radius 2 is 1.70 bits per heavy atom. The summed E-state index contributed by atoms with van der Waals surface area (Å²) in [5.74, 6) is 0. The van der Waals surface area contributed by atoms with Crippen molar-refractivity contribution < 1.29 is 0 Å². The Kier molecular flexibility index (Phi) is 5.78. The fourth-order valence-corrected chi connectivity index (χ4v) is 3.51. The van der Waals surface area contributed by atoms with Gasteiger partial charge in [0.25, 0.3) is 0 Å². The van der Waals surface area contributed by atoms with Crippen LogP contribution in [0.5, 0.6) is 0 Å². The number of rotatable bonds is 6. The van der Waals surface area contributed by atoms with Gasteiger partial charge in [-0.25, -0.2) is 0 Å². The van der Waals surface area contributed by atoms with Gasteiger partial charge in [0.05, 0.1) is 0 Å². The first kappa shape index (κ1) is 16.2. The van der Waals surface area contributed by atoms with Crippen molar-refractivity contribution in [2.24, 2.45) is 0 Å². The van der Waals surface area contributed by atoms with E-state index in [1.54, 1.807) is 0 Å². The second-order valence-corrected chi connectivity index (χ2v) is 6.41. The molecule has 3 nitrogen and oxygen atoms in total. The van der Waals surface area contributed by atoms with Crippen molar-refractivity contribution >= 4 is 0 Å². The summed E-state index contributed by atoms with van der Waals surface area (Å²) < 4.78 is 0. The maximum atomic E-state index is 4.10. The highest BCUT2D eigenvalue weighted by Crippen LogP contribution is 2.20. The summed E-state index contributed by atoms with van der Waals surface area (Å²) in [7, 11) is 0. The molecule has 1 saturated heterocycles. The van der Waals surface area contributed by atoms with E-state index < -0.39 is 0 Å². The number of hydrogen-bond acceptors (Lipinski definition) is 3. The molecular weight excluding hydrogens is 282 g/mol. The molecule has 0 radical (unpaired) electrons. The van der Waals surface area contributed by atoms with E-state index in [1.165, 1.54) is 37.1 Å². The number of hydrogen-bond donors (Lipinski definition) is 0. The van der Waals surface area contributed by atoms with Crippen LogP contribution in [0, 0.1) is 0 Å². The molecule has 23 heavy (non-hydrogen) atoms. The standard InChI is InChI=1S/C20H27N3/c1-2-23(17-18-6-4-3-5-7-18)20-10-14-22(15-11-20)16-19-8-12-21-13-9-19/h3-9,12-13,20H,2,10-11,14-17H2,1H3. The van der Waals surface area contributed by atoms with Gasteiger partial charge in [0.15, 0.2) is 0 Å². The van der Waals surface area contributed by atoms with Gasteiger partial charge in [-0.2, -0.15) is 0 Å². The lowest BCUT2D eigenvalue weighted by molar-refractivity contribution is 0.103. The van der Waals surface area contributed by atoms with Crippen LogP contribution in [0.4, 0.5) is 0 Å². The maximum Gasteiger partial charge on any atom is 0.0271 e. The third kappa shape index (κ3) is 4.63. The van der Waals surface area contributed by atoms with E-state index in [1.807, 2.05) is 12.4 Å². The molecule has 0 saturated carbocycles. The second kappa shape index (κ2) is 8.23. The van der Waals surface area contributed by atoms with Gasteiger partial charge in [0.1, 0.15) is 0 Å². The second-order valence-electron chi connectivity index (χ2n) is 6.41. The number of aromatic nitrogens is 1. The van der Waals surface area contributed by atoms with Crippen LogP contribution >= 0.6 is 0 Å². The number of piperidine rings is 1. The normalized spacial score (nSPS) is 16.8. The Labute approximate surface area is 140 Å². The molecule has 3 rings (SSSR count). The Morgan fingerprint density at radius 3 is 2.35 bits per heavy atom. The van der Waals surface area contributed by atoms with Gasteiger partial charge in [0, 0.05) is 31.5 Å². The van der Waals surface area contributed by atoms with Crippen LogP contribution in [-0.2, 0) is 13.1 Å². The number of likely N-dealkylation sites (tertiary alicyclic amines) is 1. The predicted octanol–water partition coefficient (Wildman–Crippen LogP) is 3.57. The monoisotopic (exact) mass is 309 g/mol. The summed E-state index contributed by atoms with van der Waals surface area (Å²) in [5, 5.41) is 0. The Balaban J connectivity index is 1.51. The molecule has 2 heterocycles. The Bertz CT molecular complexity index is 562. The first-order valence-corrected chi connectivity index (χ1v) is 8.74. The molecule has 0 N–H and O–H groups in total. The summed E-state index contributed by atoms with van der Waals surface area (Å²) in [6.07, 6.45) is 6.32. The van der Waals surface area contributed by atoms with Crippen LogP contribution in [0.3, 0.4) is 0 Å². The summed E-state index contributed by atoms with van der Waals surface area (Å²) in [4.78, 5) is 9.31. The first-order valence-electron chi connectivity index (χ1n) is 8.74. The van der Waals surface area contributed by atoms with Crippen LogP contribution < -0.4 is 0 Å². The van der Waals surface area contributed by atoms with Crippen molar-refractivity contribution in [3.05, 3.63) is 66.0 Å². The lowest BCUT2D eigenvalue weighted by Crippen LogP contribution is -2.44. The fourth-order valence-electron chi connectivity index (χ4n) is 3.51. The maximum absolute atomic E-state index is 4.10. The molecule has 1 aliphatic heterocycles. The van der Waals surface area contributed by atoms with Crippen molar-refractivity contribution in [2.45, 2.75) is 38.9 Å². The molecule has 1 fully saturated rings. The lowest BCUT2D eigenvalue weighted by Gasteiger charge is -2.38. The van der Waals surface area contributed by atoms with Crippen LogP contribution in [0.2, 0.25) is 0 Å². The smallest absolute Gasteiger partial charge is 0.0271 e. The van der Waals surface area contributed by atoms with Crippen molar-refractivity contribution in [1.29, 1.82) is 0 Å². The van der Waals surface area contributed by atoms with Crippen LogP contribution in [0.1, 0.15) is 30.9 Å². The molecule has 1 aromatic carbocycles. The molecule has 3 heteroatoms. The third-order valence-corrected chi connectivity index (χ3v) is 4.86. The third-order valence-electron chi connectivity index (χ3n) is 4.86. The predicted molar refractivity (Wildman–Crippen MR) is 95.1 cm³/mol. The largest absolute Gasteiger partial charge is 0.299 e. The number of nitrogens with zero attached hydrogens (tertiary/aromatic N) is 3. The zero-order chi connectivity index (χ0) is 15.9. The molecule has 0 bridgehead atoms. The topological polar surface area (TPSA) is 19.4 Å². The highest BCUT2D eigenvalue weighted by Gasteiger charge is 2.23. The van der Waals surface area contributed by atoms with Gasteiger partial charge in [-0.15, -0.1) is 0 Å². The quantitative estimate of drug-likeness (QED) is 0.813. The van der Waals surface area contributed by atoms with Crippen LogP contribution in [-0.4, -0.2) is 40.5 Å². The molecule has 0 atom stereocenters. The van der Waals surface area contributed by atoms with E-state index in [0.29, 0.717) is 6.04 Å². The van der Waals surface area contributed by atoms with Gasteiger partial charge in [-0.1, -0.05) is 37.3 Å². The first-order chi connectivity index (χ1) is 11.3. The van der Waals surface area contributed by atoms with Gasteiger partial charge in [-0.05, 0) is 55.7 Å². The zero-order valence-corrected chi connectivity index (χ0v) is 14.1. The molecule has 0 amide bonds. The minimum atomic E-state index is 0.717. The highest BCUT2D eigenvalue weighted by atomic mass is 15.2. The minimum Gasteiger partial charge on any atom is -0.299 e. The molecule has 0 unspecified atom stereocenters. The van der Waals surface area contributed by atoms with Crippen LogP contribution in [0.25, 0.3) is 0 Å². The average Bonchev–Trinajstić information content (AvgIpc) is 2.62. The van der Waals surface area contributed by atoms with Gasteiger partial charge in [-0.3, -0.25) is 14.8 Å². The Morgan fingerprint density at radius 1 is 1.00 bits per heavy atom. The van der Waals surface area contributed by atoms with Crippen molar-refractivity contribution in [3.63, 3.8) is 0 Å². The van der Waals surface area contributed by atoms with E-state index in [2.05, 4.69) is 64.2 Å². The molecule has 1 aliphatic rings. The number of pyridine rings is 1. The van der Waals surface area contributed by atoms with Crippen molar-refractivity contribution in [3.8, 4) is 0 Å². The molecule has 0 spiro atoms. The molecule has 2 aromatic rings. The number of benzene rings is 1. The van der Waals surface area contributed by atoms with E-state index in [-0.39, 0.29) is 0 Å². The summed E-state index contributed by atoms with van der Waals surface area (Å²) in [6, 6.07) is 15.8. The molecule has 122 valence electrons. The fraction of sp³-hybridized carbons (Fsp3) is 0.450. The summed E-state index contributed by atoms with van der Waals surface area (Å²) in [5.41, 5.74) is 2.80. The van der Waals surface area contributed by atoms with Crippen molar-refractivity contribution in [2.75, 3.05) is 19.6 Å². The van der Waals surface area contributed by atoms with E-state index in [9.17, 15) is 0 Å². The lowest BCUT2D eigenvalue weighted by atomic mass is 10.0. The van der Waals surface area contributed by atoms with E-state index >= 15 is 0 Å². The highest BCUT2D eigenvalue weighted by molar-refractivity contribution is 5.14. The van der Waals surface area contributed by atoms with Gasteiger partial charge in [0.2, 0.25) is 0 Å². The van der Waals surface area contributed by atoms with Gasteiger partial charge < -0.3 is 0 Å². The molecular formula is C20H27N3. The SMILES string of the molecule is CCN(Cc1ccccc1)C1CCN(Cc2ccncc2)CC1. The zero-order valence-electron chi connectivity index (χ0n) is 14.1. The summed E-state index contributed by atoms with van der Waals surface area (Å²) >= 11 is 0. The van der Waals surface area contributed by atoms with Gasteiger partial charge >= 0.3 is 0 Å². The average molecular weight is 309 g/mol. The summed E-state index contributed by atoms with van der Waals surface area (Å²) in [6.45, 7) is 7.93. The minimum absolute atomic E-state index is 0.717.